The highest BCUT2D eigenvalue weighted by Crippen LogP contribution is 2.53. The van der Waals surface area contributed by atoms with Crippen LogP contribution in [0.5, 0.6) is 0 Å². The summed E-state index contributed by atoms with van der Waals surface area (Å²) in [5, 5.41) is 0. The van der Waals surface area contributed by atoms with Crippen molar-refractivity contribution in [3.63, 3.8) is 0 Å². The Morgan fingerprint density at radius 1 is 1.05 bits per heavy atom. The van der Waals surface area contributed by atoms with Gasteiger partial charge in [-0.25, -0.2) is 0 Å². The van der Waals surface area contributed by atoms with E-state index in [1.807, 2.05) is 0 Å². The fourth-order valence-corrected chi connectivity index (χ4v) is 2.53. The van der Waals surface area contributed by atoms with Gasteiger partial charge >= 0.3 is 18.0 Å². The molecule has 0 saturated carbocycles. The zero-order chi connectivity index (χ0) is 16.7. The van der Waals surface area contributed by atoms with Crippen LogP contribution in [-0.2, 0) is 4.43 Å². The van der Waals surface area contributed by atoms with E-state index < -0.39 is 38.1 Å². The quantitative estimate of drug-likeness (QED) is 0.609. The molecule has 1 heterocycles. The standard InChI is InChI=1S/C11H14F7NOSi/c1-21(2,3)20-8(7-5-4-6-19-7)9(12,13)10(14,15)11(16,17)18/h4-6,8,19H,1-3H3. The first-order valence-corrected chi connectivity index (χ1v) is 9.24. The molecule has 1 aromatic rings. The molecule has 0 saturated heterocycles. The first-order chi connectivity index (χ1) is 9.20. The third-order valence-corrected chi connectivity index (χ3v) is 3.42. The smallest absolute Gasteiger partial charge is 0.404 e. The lowest BCUT2D eigenvalue weighted by Gasteiger charge is -2.36. The number of nitrogens with one attached hydrogen (secondary N) is 1. The summed E-state index contributed by atoms with van der Waals surface area (Å²) in [6.45, 7) is 4.22. The molecule has 0 amide bonds. The normalized spacial score (nSPS) is 16.1. The number of hydrogen-bond donors (Lipinski definition) is 1. The summed E-state index contributed by atoms with van der Waals surface area (Å²) >= 11 is 0. The topological polar surface area (TPSA) is 25.0 Å². The summed E-state index contributed by atoms with van der Waals surface area (Å²) in [6, 6.07) is 2.18. The molecule has 0 spiro atoms. The highest BCUT2D eigenvalue weighted by atomic mass is 28.4. The van der Waals surface area contributed by atoms with E-state index in [1.54, 1.807) is 0 Å². The molecule has 21 heavy (non-hydrogen) atoms. The van der Waals surface area contributed by atoms with Crippen molar-refractivity contribution in [1.29, 1.82) is 0 Å². The van der Waals surface area contributed by atoms with Crippen molar-refractivity contribution >= 4 is 8.32 Å². The lowest BCUT2D eigenvalue weighted by Crippen LogP contribution is -2.56. The van der Waals surface area contributed by atoms with Gasteiger partial charge in [0, 0.05) is 11.9 Å². The Morgan fingerprint density at radius 3 is 1.90 bits per heavy atom. The van der Waals surface area contributed by atoms with Crippen molar-refractivity contribution < 1.29 is 35.2 Å². The molecule has 10 heteroatoms. The van der Waals surface area contributed by atoms with Crippen LogP contribution in [0.15, 0.2) is 18.3 Å². The number of halogens is 7. The van der Waals surface area contributed by atoms with E-state index >= 15 is 0 Å². The number of hydrogen-bond acceptors (Lipinski definition) is 1. The van der Waals surface area contributed by atoms with E-state index in [0.717, 1.165) is 12.3 Å². The summed E-state index contributed by atoms with van der Waals surface area (Å²) < 4.78 is 95.8. The summed E-state index contributed by atoms with van der Waals surface area (Å²) in [6.07, 6.45) is -7.96. The lowest BCUT2D eigenvalue weighted by molar-refractivity contribution is -0.370. The molecule has 0 aromatic carbocycles. The van der Waals surface area contributed by atoms with Gasteiger partial charge in [0.05, 0.1) is 0 Å². The summed E-state index contributed by atoms with van der Waals surface area (Å²) in [7, 11) is -2.82. The van der Waals surface area contributed by atoms with Gasteiger partial charge in [-0.05, 0) is 31.8 Å². The van der Waals surface area contributed by atoms with Crippen LogP contribution in [0, 0.1) is 0 Å². The van der Waals surface area contributed by atoms with Crippen LogP contribution in [0.4, 0.5) is 30.7 Å². The van der Waals surface area contributed by atoms with E-state index in [9.17, 15) is 30.7 Å². The highest BCUT2D eigenvalue weighted by Gasteiger charge is 2.76. The second kappa shape index (κ2) is 5.31. The maximum atomic E-state index is 13.9. The zero-order valence-electron chi connectivity index (χ0n) is 11.4. The lowest BCUT2D eigenvalue weighted by atomic mass is 10.0. The summed E-state index contributed by atoms with van der Waals surface area (Å²) in [5.41, 5.74) is -0.536. The average molecular weight is 337 g/mol. The van der Waals surface area contributed by atoms with Crippen molar-refractivity contribution in [2.45, 2.75) is 43.8 Å². The third kappa shape index (κ3) is 3.60. The van der Waals surface area contributed by atoms with Gasteiger partial charge in [0.1, 0.15) is 0 Å². The minimum atomic E-state index is -6.38. The predicted octanol–water partition coefficient (Wildman–Crippen LogP) is 4.74. The maximum absolute atomic E-state index is 13.9. The van der Waals surface area contributed by atoms with Gasteiger partial charge in [-0.3, -0.25) is 0 Å². The number of rotatable bonds is 5. The van der Waals surface area contributed by atoms with Gasteiger partial charge in [-0.15, -0.1) is 0 Å². The Bertz CT molecular complexity index is 464. The van der Waals surface area contributed by atoms with Gasteiger partial charge < -0.3 is 9.41 Å². The largest absolute Gasteiger partial charge is 0.459 e. The fraction of sp³-hybridized carbons (Fsp3) is 0.636. The first kappa shape index (κ1) is 18.0. The Labute approximate surface area is 117 Å². The van der Waals surface area contributed by atoms with E-state index in [2.05, 4.69) is 4.98 Å². The zero-order valence-corrected chi connectivity index (χ0v) is 12.4. The van der Waals surface area contributed by atoms with E-state index in [-0.39, 0.29) is 0 Å². The molecule has 0 aliphatic carbocycles. The van der Waals surface area contributed by atoms with Crippen molar-refractivity contribution in [2.24, 2.45) is 0 Å². The van der Waals surface area contributed by atoms with Crippen LogP contribution in [0.25, 0.3) is 0 Å². The molecule has 2 nitrogen and oxygen atoms in total. The second-order valence-electron chi connectivity index (χ2n) is 5.43. The maximum Gasteiger partial charge on any atom is 0.459 e. The fourth-order valence-electron chi connectivity index (χ4n) is 1.55. The number of aromatic nitrogens is 1. The Hall–Kier alpha value is -1.03. The van der Waals surface area contributed by atoms with Crippen molar-refractivity contribution in [2.75, 3.05) is 0 Å². The Kier molecular flexibility index (Phi) is 4.55. The molecule has 1 atom stereocenters. The molecular formula is C11H14F7NOSi. The molecule has 0 radical (unpaired) electrons. The van der Waals surface area contributed by atoms with Gasteiger partial charge in [-0.1, -0.05) is 0 Å². The van der Waals surface area contributed by atoms with Crippen LogP contribution < -0.4 is 0 Å². The van der Waals surface area contributed by atoms with Crippen molar-refractivity contribution in [3.8, 4) is 0 Å². The monoisotopic (exact) mass is 337 g/mol. The number of alkyl halides is 7. The third-order valence-electron chi connectivity index (χ3n) is 2.48. The SMILES string of the molecule is C[Si](C)(C)OC(c1ccc[nH]1)C(F)(F)C(F)(F)C(F)(F)F. The average Bonchev–Trinajstić information content (AvgIpc) is 2.75. The predicted molar refractivity (Wildman–Crippen MR) is 63.9 cm³/mol. The summed E-state index contributed by atoms with van der Waals surface area (Å²) in [5.74, 6) is -11.7. The van der Waals surface area contributed by atoms with Crippen LogP contribution in [-0.4, -0.2) is 31.3 Å². The second-order valence-corrected chi connectivity index (χ2v) is 9.89. The van der Waals surface area contributed by atoms with Crippen LogP contribution in [0.1, 0.15) is 11.8 Å². The molecular weight excluding hydrogens is 323 g/mol. The highest BCUT2D eigenvalue weighted by molar-refractivity contribution is 6.69. The molecule has 1 unspecified atom stereocenters. The van der Waals surface area contributed by atoms with E-state index in [1.165, 1.54) is 25.7 Å². The molecule has 0 fully saturated rings. The van der Waals surface area contributed by atoms with Crippen LogP contribution in [0.2, 0.25) is 19.6 Å². The minimum Gasteiger partial charge on any atom is -0.404 e. The molecule has 0 aliphatic rings. The first-order valence-electron chi connectivity index (χ1n) is 5.83. The van der Waals surface area contributed by atoms with Crippen LogP contribution >= 0.6 is 0 Å². The summed E-state index contributed by atoms with van der Waals surface area (Å²) in [4.78, 5) is 2.21. The van der Waals surface area contributed by atoms with E-state index in [0.29, 0.717) is 0 Å². The molecule has 1 N–H and O–H groups in total. The number of aromatic amines is 1. The number of H-pyrrole nitrogens is 1. The van der Waals surface area contributed by atoms with Gasteiger partial charge in [-0.2, -0.15) is 30.7 Å². The minimum absolute atomic E-state index is 0.536. The van der Waals surface area contributed by atoms with Gasteiger partial charge in [0.2, 0.25) is 0 Å². The van der Waals surface area contributed by atoms with Crippen molar-refractivity contribution in [1.82, 2.24) is 4.98 Å². The molecule has 0 aliphatic heterocycles. The molecule has 1 aromatic heterocycles. The Morgan fingerprint density at radius 2 is 1.57 bits per heavy atom. The van der Waals surface area contributed by atoms with Crippen molar-refractivity contribution in [3.05, 3.63) is 24.0 Å². The van der Waals surface area contributed by atoms with Gasteiger partial charge in [0.25, 0.3) is 0 Å². The Balaban J connectivity index is 3.31. The van der Waals surface area contributed by atoms with Crippen LogP contribution in [0.3, 0.4) is 0 Å². The van der Waals surface area contributed by atoms with Gasteiger partial charge in [0.15, 0.2) is 14.4 Å². The molecule has 0 bridgehead atoms. The molecule has 1 rings (SSSR count). The van der Waals surface area contributed by atoms with E-state index in [4.69, 9.17) is 4.43 Å². The molecule has 122 valence electrons.